The SMILES string of the molecule is COc1ccc2nc[n+]([O-])cc2c1. The number of rotatable bonds is 1. The summed E-state index contributed by atoms with van der Waals surface area (Å²) in [6, 6.07) is 5.40. The zero-order valence-electron chi connectivity index (χ0n) is 7.10. The fourth-order valence-corrected chi connectivity index (χ4v) is 1.17. The van der Waals surface area contributed by atoms with Gasteiger partial charge >= 0.3 is 0 Å². The molecule has 0 unspecified atom stereocenters. The van der Waals surface area contributed by atoms with Crippen molar-refractivity contribution in [3.05, 3.63) is 35.9 Å². The van der Waals surface area contributed by atoms with E-state index in [4.69, 9.17) is 4.74 Å². The van der Waals surface area contributed by atoms with Crippen molar-refractivity contribution in [3.63, 3.8) is 0 Å². The van der Waals surface area contributed by atoms with Crippen LogP contribution in [0.25, 0.3) is 10.9 Å². The first-order valence-corrected chi connectivity index (χ1v) is 3.82. The zero-order chi connectivity index (χ0) is 9.26. The predicted molar refractivity (Wildman–Crippen MR) is 47.3 cm³/mol. The van der Waals surface area contributed by atoms with Crippen molar-refractivity contribution in [1.29, 1.82) is 0 Å². The van der Waals surface area contributed by atoms with Crippen LogP contribution in [0, 0.1) is 5.21 Å². The third kappa shape index (κ3) is 1.38. The van der Waals surface area contributed by atoms with Crippen molar-refractivity contribution in [2.45, 2.75) is 0 Å². The van der Waals surface area contributed by atoms with Crippen LogP contribution >= 0.6 is 0 Å². The number of ether oxygens (including phenoxy) is 1. The minimum atomic E-state index is 0.668. The van der Waals surface area contributed by atoms with Crippen LogP contribution in [0.1, 0.15) is 0 Å². The highest BCUT2D eigenvalue weighted by Gasteiger charge is 2.01. The molecule has 2 aromatic rings. The number of hydrogen-bond donors (Lipinski definition) is 0. The van der Waals surface area contributed by atoms with E-state index in [-0.39, 0.29) is 0 Å². The number of nitrogens with zero attached hydrogens (tertiary/aromatic N) is 2. The second kappa shape index (κ2) is 2.90. The lowest BCUT2D eigenvalue weighted by atomic mass is 10.2. The molecule has 4 nitrogen and oxygen atoms in total. The maximum atomic E-state index is 10.9. The summed E-state index contributed by atoms with van der Waals surface area (Å²) in [5, 5.41) is 11.7. The Hall–Kier alpha value is -1.84. The topological polar surface area (TPSA) is 49.1 Å². The van der Waals surface area contributed by atoms with Gasteiger partial charge in [0.15, 0.2) is 5.52 Å². The van der Waals surface area contributed by atoms with Crippen LogP contribution in [0.3, 0.4) is 0 Å². The van der Waals surface area contributed by atoms with Crippen LogP contribution in [0.15, 0.2) is 30.7 Å². The van der Waals surface area contributed by atoms with Gasteiger partial charge in [0.2, 0.25) is 0 Å². The molecule has 13 heavy (non-hydrogen) atoms. The molecule has 0 spiro atoms. The Balaban J connectivity index is 2.68. The van der Waals surface area contributed by atoms with Crippen molar-refractivity contribution < 1.29 is 9.47 Å². The van der Waals surface area contributed by atoms with Crippen LogP contribution < -0.4 is 9.47 Å². The molecule has 66 valence electrons. The third-order valence-electron chi connectivity index (χ3n) is 1.81. The molecule has 0 aliphatic carbocycles. The van der Waals surface area contributed by atoms with E-state index >= 15 is 0 Å². The molecule has 0 saturated carbocycles. The molecule has 0 amide bonds. The van der Waals surface area contributed by atoms with Gasteiger partial charge in [0.05, 0.1) is 12.5 Å². The summed E-state index contributed by atoms with van der Waals surface area (Å²) in [4.78, 5) is 3.95. The summed E-state index contributed by atoms with van der Waals surface area (Å²) in [6.45, 7) is 0. The Bertz CT molecular complexity index is 443. The van der Waals surface area contributed by atoms with Crippen molar-refractivity contribution >= 4 is 10.9 Å². The monoisotopic (exact) mass is 176 g/mol. The van der Waals surface area contributed by atoms with E-state index in [2.05, 4.69) is 4.98 Å². The van der Waals surface area contributed by atoms with E-state index in [1.165, 1.54) is 12.5 Å². The fourth-order valence-electron chi connectivity index (χ4n) is 1.17. The second-order valence-corrected chi connectivity index (χ2v) is 2.66. The molecule has 2 rings (SSSR count). The summed E-state index contributed by atoms with van der Waals surface area (Å²) < 4.78 is 5.69. The third-order valence-corrected chi connectivity index (χ3v) is 1.81. The summed E-state index contributed by atoms with van der Waals surface area (Å²) >= 11 is 0. The molecule has 0 N–H and O–H groups in total. The fraction of sp³-hybridized carbons (Fsp3) is 0.111. The number of aromatic nitrogens is 2. The summed E-state index contributed by atoms with van der Waals surface area (Å²) in [6.07, 6.45) is 2.69. The average Bonchev–Trinajstić information content (AvgIpc) is 2.16. The van der Waals surface area contributed by atoms with Crippen molar-refractivity contribution in [2.75, 3.05) is 7.11 Å². The van der Waals surface area contributed by atoms with Gasteiger partial charge in [-0.2, -0.15) is 0 Å². The van der Waals surface area contributed by atoms with Gasteiger partial charge in [-0.25, -0.2) is 4.73 Å². The first-order valence-electron chi connectivity index (χ1n) is 3.82. The Morgan fingerprint density at radius 1 is 1.46 bits per heavy atom. The van der Waals surface area contributed by atoms with Crippen molar-refractivity contribution in [2.24, 2.45) is 0 Å². The Morgan fingerprint density at radius 2 is 2.31 bits per heavy atom. The Kier molecular flexibility index (Phi) is 1.73. The number of benzene rings is 1. The van der Waals surface area contributed by atoms with Gasteiger partial charge in [0, 0.05) is 0 Å². The van der Waals surface area contributed by atoms with Crippen LogP contribution in [0.5, 0.6) is 5.75 Å². The number of methoxy groups -OCH3 is 1. The lowest BCUT2D eigenvalue weighted by molar-refractivity contribution is -0.607. The molecule has 0 fully saturated rings. The average molecular weight is 176 g/mol. The molecule has 0 bridgehead atoms. The van der Waals surface area contributed by atoms with Gasteiger partial charge in [0.25, 0.3) is 6.33 Å². The van der Waals surface area contributed by atoms with Crippen molar-refractivity contribution in [1.82, 2.24) is 4.98 Å². The smallest absolute Gasteiger partial charge is 0.289 e. The van der Waals surface area contributed by atoms with E-state index in [1.54, 1.807) is 13.2 Å². The molecule has 0 aliphatic rings. The van der Waals surface area contributed by atoms with E-state index in [0.29, 0.717) is 4.73 Å². The minimum Gasteiger partial charge on any atom is -0.711 e. The second-order valence-electron chi connectivity index (χ2n) is 2.66. The quantitative estimate of drug-likeness (QED) is 0.478. The molecule has 0 saturated heterocycles. The molecule has 0 radical (unpaired) electrons. The van der Waals surface area contributed by atoms with Crippen LogP contribution in [0.2, 0.25) is 0 Å². The maximum absolute atomic E-state index is 10.9. The highest BCUT2D eigenvalue weighted by Crippen LogP contribution is 2.16. The first-order chi connectivity index (χ1) is 6.29. The van der Waals surface area contributed by atoms with Crippen molar-refractivity contribution in [3.8, 4) is 5.75 Å². The molecule has 0 atom stereocenters. The predicted octanol–water partition coefficient (Wildman–Crippen LogP) is 0.877. The minimum absolute atomic E-state index is 0.668. The molecule has 4 heteroatoms. The van der Waals surface area contributed by atoms with Crippen LogP contribution in [-0.2, 0) is 0 Å². The Morgan fingerprint density at radius 3 is 3.08 bits per heavy atom. The molecular formula is C9H8N2O2. The highest BCUT2D eigenvalue weighted by molar-refractivity contribution is 5.78. The largest absolute Gasteiger partial charge is 0.711 e. The van der Waals surface area contributed by atoms with Gasteiger partial charge in [-0.3, -0.25) is 0 Å². The van der Waals surface area contributed by atoms with Gasteiger partial charge < -0.3 is 9.94 Å². The van der Waals surface area contributed by atoms with Gasteiger partial charge in [-0.1, -0.05) is 0 Å². The first kappa shape index (κ1) is 7.79. The molecule has 0 aliphatic heterocycles. The Labute approximate surface area is 75.0 Å². The van der Waals surface area contributed by atoms with Gasteiger partial charge in [-0.05, 0) is 23.2 Å². The normalized spacial score (nSPS) is 10.2. The van der Waals surface area contributed by atoms with E-state index in [9.17, 15) is 5.21 Å². The van der Waals surface area contributed by atoms with E-state index in [0.717, 1.165) is 16.7 Å². The van der Waals surface area contributed by atoms with Crippen LogP contribution in [0.4, 0.5) is 0 Å². The maximum Gasteiger partial charge on any atom is 0.289 e. The molecule has 1 aromatic carbocycles. The zero-order valence-corrected chi connectivity index (χ0v) is 7.10. The summed E-state index contributed by atoms with van der Waals surface area (Å²) in [7, 11) is 1.59. The van der Waals surface area contributed by atoms with Crippen LogP contribution in [-0.4, -0.2) is 12.1 Å². The lowest BCUT2D eigenvalue weighted by Gasteiger charge is -2.01. The lowest BCUT2D eigenvalue weighted by Crippen LogP contribution is -2.24. The molecule has 1 heterocycles. The standard InChI is InChI=1S/C9H8N2O2/c1-13-8-2-3-9-7(4-8)5-11(12)6-10-9/h2-6H,1H3. The van der Waals surface area contributed by atoms with E-state index in [1.807, 2.05) is 12.1 Å². The highest BCUT2D eigenvalue weighted by atomic mass is 16.5. The van der Waals surface area contributed by atoms with Gasteiger partial charge in [-0.15, -0.1) is 0 Å². The molecular weight excluding hydrogens is 168 g/mol. The number of fused-ring (bicyclic) bond motifs is 1. The van der Waals surface area contributed by atoms with E-state index < -0.39 is 0 Å². The van der Waals surface area contributed by atoms with Gasteiger partial charge in [0.1, 0.15) is 11.9 Å². The summed E-state index contributed by atoms with van der Waals surface area (Å²) in [5.74, 6) is 0.723. The summed E-state index contributed by atoms with van der Waals surface area (Å²) in [5.41, 5.74) is 0.785. The molecule has 1 aromatic heterocycles. The number of hydrogen-bond acceptors (Lipinski definition) is 3.